The van der Waals surface area contributed by atoms with Crippen LogP contribution < -0.4 is 4.74 Å². The lowest BCUT2D eigenvalue weighted by atomic mass is 10.1. The summed E-state index contributed by atoms with van der Waals surface area (Å²) >= 11 is 3.39. The highest BCUT2D eigenvalue weighted by Gasteiger charge is 2.18. The van der Waals surface area contributed by atoms with Gasteiger partial charge in [-0.25, -0.2) is 9.59 Å². The Labute approximate surface area is 187 Å². The molecule has 0 saturated carbocycles. The van der Waals surface area contributed by atoms with Gasteiger partial charge in [-0.2, -0.15) is 0 Å². The Balaban J connectivity index is 1.77. The number of methoxy groups -OCH3 is 1. The van der Waals surface area contributed by atoms with Crippen molar-refractivity contribution in [2.24, 2.45) is 4.99 Å². The predicted molar refractivity (Wildman–Crippen MR) is 119 cm³/mol. The molecule has 0 saturated heterocycles. The van der Waals surface area contributed by atoms with Gasteiger partial charge in [0.1, 0.15) is 11.5 Å². The van der Waals surface area contributed by atoms with E-state index in [4.69, 9.17) is 9.47 Å². The Hall–Kier alpha value is -3.52. The Kier molecular flexibility index (Phi) is 7.50. The van der Waals surface area contributed by atoms with E-state index in [0.717, 1.165) is 5.56 Å². The number of phenolic OH excluding ortho intramolecular Hbond substituents is 1. The van der Waals surface area contributed by atoms with Crippen LogP contribution >= 0.6 is 15.9 Å². The minimum absolute atomic E-state index is 0.143. The van der Waals surface area contributed by atoms with Gasteiger partial charge in [-0.05, 0) is 53.6 Å². The Morgan fingerprint density at radius 2 is 1.97 bits per heavy atom. The van der Waals surface area contributed by atoms with Crippen LogP contribution in [0.3, 0.4) is 0 Å². The van der Waals surface area contributed by atoms with Crippen molar-refractivity contribution in [1.82, 2.24) is 4.98 Å². The molecule has 3 rings (SSSR count). The summed E-state index contributed by atoms with van der Waals surface area (Å²) < 4.78 is 11.0. The third kappa shape index (κ3) is 6.48. The van der Waals surface area contributed by atoms with Crippen molar-refractivity contribution in [2.45, 2.75) is 12.5 Å². The normalized spacial score (nSPS) is 11.8. The van der Waals surface area contributed by atoms with Crippen molar-refractivity contribution < 1.29 is 24.2 Å². The molecule has 2 aromatic carbocycles. The average Bonchev–Trinajstić information content (AvgIpc) is 2.77. The Bertz CT molecular complexity index is 1080. The standard InChI is InChI=1S/C23H19BrN2O5/c1-30-23(29)21(11-15-4-6-19(27)7-5-15)26-13-16-9-18(24)12-20(10-16)31-22(28)17-3-2-8-25-14-17/h2-10,12-14,21,27H,11H2,1H3. The van der Waals surface area contributed by atoms with Crippen LogP contribution in [0.4, 0.5) is 0 Å². The predicted octanol–water partition coefficient (Wildman–Crippen LogP) is 3.97. The molecule has 1 atom stereocenters. The third-order valence-electron chi connectivity index (χ3n) is 4.24. The number of halogens is 1. The molecule has 1 aromatic heterocycles. The van der Waals surface area contributed by atoms with Crippen molar-refractivity contribution in [1.29, 1.82) is 0 Å². The fraction of sp³-hybridized carbons (Fsp3) is 0.130. The van der Waals surface area contributed by atoms with Gasteiger partial charge >= 0.3 is 11.9 Å². The number of carbonyl (C=O) groups is 2. The first-order chi connectivity index (χ1) is 14.9. The van der Waals surface area contributed by atoms with Gasteiger partial charge in [0.2, 0.25) is 0 Å². The molecule has 1 heterocycles. The molecule has 0 spiro atoms. The zero-order chi connectivity index (χ0) is 22.2. The zero-order valence-electron chi connectivity index (χ0n) is 16.6. The lowest BCUT2D eigenvalue weighted by Gasteiger charge is -2.11. The van der Waals surface area contributed by atoms with Gasteiger partial charge in [0.25, 0.3) is 0 Å². The lowest BCUT2D eigenvalue weighted by Crippen LogP contribution is -2.23. The van der Waals surface area contributed by atoms with Crippen LogP contribution in [-0.4, -0.2) is 41.4 Å². The first kappa shape index (κ1) is 22.2. The van der Waals surface area contributed by atoms with E-state index in [0.29, 0.717) is 27.8 Å². The van der Waals surface area contributed by atoms with E-state index in [1.165, 1.54) is 19.5 Å². The number of benzene rings is 2. The summed E-state index contributed by atoms with van der Waals surface area (Å²) in [5, 5.41) is 9.42. The zero-order valence-corrected chi connectivity index (χ0v) is 18.2. The highest BCUT2D eigenvalue weighted by Crippen LogP contribution is 2.22. The van der Waals surface area contributed by atoms with Crippen molar-refractivity contribution in [2.75, 3.05) is 7.11 Å². The molecule has 0 aliphatic carbocycles. The summed E-state index contributed by atoms with van der Waals surface area (Å²) in [6.45, 7) is 0. The second-order valence-electron chi connectivity index (χ2n) is 6.54. The van der Waals surface area contributed by atoms with E-state index in [-0.39, 0.29) is 5.75 Å². The first-order valence-corrected chi connectivity index (χ1v) is 10.1. The number of rotatable bonds is 7. The topological polar surface area (TPSA) is 98.1 Å². The van der Waals surface area contributed by atoms with E-state index < -0.39 is 18.0 Å². The van der Waals surface area contributed by atoms with Crippen LogP contribution in [0.1, 0.15) is 21.5 Å². The maximum Gasteiger partial charge on any atom is 0.345 e. The minimum Gasteiger partial charge on any atom is -0.508 e. The number of ether oxygens (including phenoxy) is 2. The van der Waals surface area contributed by atoms with Gasteiger partial charge in [0, 0.05) is 29.5 Å². The van der Waals surface area contributed by atoms with Gasteiger partial charge in [-0.15, -0.1) is 0 Å². The molecule has 3 aromatic rings. The molecule has 0 amide bonds. The van der Waals surface area contributed by atoms with Crippen molar-refractivity contribution in [3.05, 3.63) is 88.2 Å². The number of hydrogen-bond acceptors (Lipinski definition) is 7. The van der Waals surface area contributed by atoms with Gasteiger partial charge in [-0.1, -0.05) is 28.1 Å². The van der Waals surface area contributed by atoms with E-state index in [1.807, 2.05) is 0 Å². The molecule has 0 radical (unpaired) electrons. The molecular weight excluding hydrogens is 464 g/mol. The summed E-state index contributed by atoms with van der Waals surface area (Å²) in [6.07, 6.45) is 4.82. The van der Waals surface area contributed by atoms with Gasteiger partial charge in [0.15, 0.2) is 6.04 Å². The summed E-state index contributed by atoms with van der Waals surface area (Å²) in [6, 6.07) is 14.1. The summed E-state index contributed by atoms with van der Waals surface area (Å²) in [4.78, 5) is 32.7. The maximum atomic E-state index is 12.3. The molecule has 0 aliphatic heterocycles. The minimum atomic E-state index is -0.769. The first-order valence-electron chi connectivity index (χ1n) is 9.26. The van der Waals surface area contributed by atoms with E-state index in [9.17, 15) is 14.7 Å². The van der Waals surface area contributed by atoms with Crippen LogP contribution in [0.15, 0.2) is 76.5 Å². The average molecular weight is 483 g/mol. The van der Waals surface area contributed by atoms with E-state index in [2.05, 4.69) is 25.9 Å². The van der Waals surface area contributed by atoms with Crippen LogP contribution in [-0.2, 0) is 16.0 Å². The smallest absolute Gasteiger partial charge is 0.345 e. The van der Waals surface area contributed by atoms with E-state index >= 15 is 0 Å². The van der Waals surface area contributed by atoms with Crippen LogP contribution in [0.5, 0.6) is 11.5 Å². The van der Waals surface area contributed by atoms with Crippen molar-refractivity contribution in [3.63, 3.8) is 0 Å². The Morgan fingerprint density at radius 1 is 1.19 bits per heavy atom. The number of aromatic hydroxyl groups is 1. The molecular formula is C23H19BrN2O5. The summed E-state index contributed by atoms with van der Waals surface area (Å²) in [5.41, 5.74) is 1.78. The number of nitrogens with zero attached hydrogens (tertiary/aromatic N) is 2. The van der Waals surface area contributed by atoms with Crippen molar-refractivity contribution >= 4 is 34.1 Å². The second kappa shape index (κ2) is 10.5. The monoisotopic (exact) mass is 482 g/mol. The van der Waals surface area contributed by atoms with Crippen molar-refractivity contribution in [3.8, 4) is 11.5 Å². The molecule has 0 bridgehead atoms. The number of pyridine rings is 1. The molecule has 1 N–H and O–H groups in total. The summed E-state index contributed by atoms with van der Waals surface area (Å²) in [5.74, 6) is -0.557. The molecule has 31 heavy (non-hydrogen) atoms. The van der Waals surface area contributed by atoms with E-state index in [1.54, 1.807) is 60.8 Å². The molecule has 0 fully saturated rings. The van der Waals surface area contributed by atoms with Gasteiger partial charge in [-0.3, -0.25) is 9.98 Å². The summed E-state index contributed by atoms with van der Waals surface area (Å²) in [7, 11) is 1.30. The molecule has 0 aliphatic rings. The third-order valence-corrected chi connectivity index (χ3v) is 4.70. The molecule has 8 heteroatoms. The SMILES string of the molecule is COC(=O)C(Cc1ccc(O)cc1)N=Cc1cc(Br)cc(OC(=O)c2cccnc2)c1. The van der Waals surface area contributed by atoms with Crippen LogP contribution in [0.2, 0.25) is 0 Å². The van der Waals surface area contributed by atoms with Crippen LogP contribution in [0, 0.1) is 0 Å². The van der Waals surface area contributed by atoms with Gasteiger partial charge < -0.3 is 14.6 Å². The number of esters is 2. The van der Waals surface area contributed by atoms with Crippen LogP contribution in [0.25, 0.3) is 0 Å². The second-order valence-corrected chi connectivity index (χ2v) is 7.45. The lowest BCUT2D eigenvalue weighted by molar-refractivity contribution is -0.142. The fourth-order valence-electron chi connectivity index (χ4n) is 2.73. The highest BCUT2D eigenvalue weighted by atomic mass is 79.9. The largest absolute Gasteiger partial charge is 0.508 e. The number of aliphatic imine (C=N–C) groups is 1. The number of carbonyl (C=O) groups excluding carboxylic acids is 2. The molecule has 7 nitrogen and oxygen atoms in total. The molecule has 158 valence electrons. The quantitative estimate of drug-likeness (QED) is 0.310. The highest BCUT2D eigenvalue weighted by molar-refractivity contribution is 9.10. The maximum absolute atomic E-state index is 12.3. The number of hydrogen-bond donors (Lipinski definition) is 1. The number of phenols is 1. The fourth-order valence-corrected chi connectivity index (χ4v) is 3.22. The van der Waals surface area contributed by atoms with Gasteiger partial charge in [0.05, 0.1) is 12.7 Å². The Morgan fingerprint density at radius 3 is 2.65 bits per heavy atom. The number of aromatic nitrogens is 1. The molecule has 1 unspecified atom stereocenters.